The van der Waals surface area contributed by atoms with Crippen LogP contribution in [-0.2, 0) is 9.53 Å². The first-order valence-electron chi connectivity index (χ1n) is 13.4. The van der Waals surface area contributed by atoms with Crippen LogP contribution in [0.15, 0.2) is 34.9 Å². The van der Waals surface area contributed by atoms with Gasteiger partial charge in [0.1, 0.15) is 6.10 Å². The second-order valence-corrected chi connectivity index (χ2v) is 12.5. The van der Waals surface area contributed by atoms with E-state index in [-0.39, 0.29) is 22.9 Å². The van der Waals surface area contributed by atoms with Crippen molar-refractivity contribution in [1.29, 1.82) is 0 Å². The molecule has 0 heterocycles. The predicted octanol–water partition coefficient (Wildman–Crippen LogP) is 7.16. The molecule has 7 atom stereocenters. The number of aliphatic hydroxyl groups is 1. The van der Waals surface area contributed by atoms with Crippen LogP contribution in [0.25, 0.3) is 0 Å². The number of ether oxygens (including phenoxy) is 1. The zero-order chi connectivity index (χ0) is 24.2. The van der Waals surface area contributed by atoms with Crippen LogP contribution in [0.4, 0.5) is 0 Å². The van der Waals surface area contributed by atoms with E-state index in [1.807, 2.05) is 0 Å². The maximum absolute atomic E-state index is 11.8. The largest absolute Gasteiger partial charge is 0.462 e. The zero-order valence-electron chi connectivity index (χ0n) is 22.0. The van der Waals surface area contributed by atoms with Crippen LogP contribution >= 0.6 is 0 Å². The highest BCUT2D eigenvalue weighted by Crippen LogP contribution is 2.65. The molecule has 1 saturated carbocycles. The third kappa shape index (κ3) is 4.07. The Morgan fingerprint density at radius 1 is 1.12 bits per heavy atom. The van der Waals surface area contributed by atoms with Gasteiger partial charge in [-0.2, -0.15) is 0 Å². The molecule has 0 radical (unpaired) electrons. The van der Waals surface area contributed by atoms with Crippen molar-refractivity contribution < 1.29 is 14.6 Å². The van der Waals surface area contributed by atoms with Gasteiger partial charge in [0.05, 0.1) is 5.60 Å². The Bertz CT molecular complexity index is 879. The van der Waals surface area contributed by atoms with E-state index in [2.05, 4.69) is 59.8 Å². The topological polar surface area (TPSA) is 46.5 Å². The second kappa shape index (κ2) is 8.70. The van der Waals surface area contributed by atoms with Gasteiger partial charge in [-0.15, -0.1) is 0 Å². The van der Waals surface area contributed by atoms with Crippen LogP contribution < -0.4 is 0 Å². The van der Waals surface area contributed by atoms with Crippen molar-refractivity contribution in [3.63, 3.8) is 0 Å². The lowest BCUT2D eigenvalue weighted by Gasteiger charge is -2.58. The molecule has 0 aromatic carbocycles. The minimum Gasteiger partial charge on any atom is -0.462 e. The molecule has 1 N–H and O–H groups in total. The van der Waals surface area contributed by atoms with Crippen molar-refractivity contribution in [3.8, 4) is 0 Å². The SMILES string of the molecule is CC(=O)O[C@@H]1CC[C@]2(C)C3=C(CC[C@@]2(O)C1)C1=CC[C@@H]([C@H](C)/C=C/[C@H](C)C(C)C)[C@@]1(C)CC3. The highest BCUT2D eigenvalue weighted by Gasteiger charge is 2.59. The van der Waals surface area contributed by atoms with E-state index in [1.165, 1.54) is 25.3 Å². The summed E-state index contributed by atoms with van der Waals surface area (Å²) in [7, 11) is 0. The molecule has 3 nitrogen and oxygen atoms in total. The molecular formula is C30H46O3. The van der Waals surface area contributed by atoms with Crippen molar-refractivity contribution >= 4 is 5.97 Å². The summed E-state index contributed by atoms with van der Waals surface area (Å²) in [6.45, 7) is 15.6. The summed E-state index contributed by atoms with van der Waals surface area (Å²) in [6, 6.07) is 0. The lowest BCUT2D eigenvalue weighted by molar-refractivity contribution is -0.166. The molecule has 3 heteroatoms. The van der Waals surface area contributed by atoms with E-state index in [0.717, 1.165) is 32.1 Å². The number of hydrogen-bond acceptors (Lipinski definition) is 3. The normalized spacial score (nSPS) is 40.2. The summed E-state index contributed by atoms with van der Waals surface area (Å²) < 4.78 is 5.53. The molecule has 0 bridgehead atoms. The number of rotatable bonds is 5. The van der Waals surface area contributed by atoms with Crippen LogP contribution in [-0.4, -0.2) is 22.8 Å². The van der Waals surface area contributed by atoms with Crippen LogP contribution in [0.5, 0.6) is 0 Å². The van der Waals surface area contributed by atoms with Gasteiger partial charge in [0.2, 0.25) is 0 Å². The van der Waals surface area contributed by atoms with Gasteiger partial charge in [0.25, 0.3) is 0 Å². The predicted molar refractivity (Wildman–Crippen MR) is 135 cm³/mol. The minimum absolute atomic E-state index is 0.146. The molecule has 4 rings (SSSR count). The molecule has 0 aliphatic heterocycles. The Labute approximate surface area is 201 Å². The first kappa shape index (κ1) is 24.8. The molecule has 0 spiro atoms. The highest BCUT2D eigenvalue weighted by atomic mass is 16.5. The lowest BCUT2D eigenvalue weighted by Crippen LogP contribution is -2.56. The van der Waals surface area contributed by atoms with Gasteiger partial charge in [-0.05, 0) is 85.2 Å². The Hall–Kier alpha value is -1.35. The van der Waals surface area contributed by atoms with Crippen LogP contribution in [0, 0.1) is 34.5 Å². The number of hydrogen-bond donors (Lipinski definition) is 1. The van der Waals surface area contributed by atoms with Crippen molar-refractivity contribution in [3.05, 3.63) is 34.9 Å². The van der Waals surface area contributed by atoms with E-state index in [1.54, 1.807) is 11.1 Å². The van der Waals surface area contributed by atoms with Crippen LogP contribution in [0.3, 0.4) is 0 Å². The van der Waals surface area contributed by atoms with E-state index in [0.29, 0.717) is 30.1 Å². The maximum atomic E-state index is 11.8. The molecule has 4 aliphatic carbocycles. The molecule has 0 amide bonds. The summed E-state index contributed by atoms with van der Waals surface area (Å²) in [5, 5.41) is 11.8. The standard InChI is InChI=1S/C30H46O3/c1-19(2)20(3)8-9-21(4)25-10-11-26-24-13-17-30(32)18-23(33-22(5)31)12-16-29(30,7)27(24)14-15-28(25,26)6/h8-9,11,19-21,23,25,32H,10,12-18H2,1-7H3/b9-8+/t20-,21+,23+,25-,28+,29+,30+/m0/s1. The molecule has 0 aromatic rings. The monoisotopic (exact) mass is 454 g/mol. The van der Waals surface area contributed by atoms with Gasteiger partial charge in [-0.3, -0.25) is 4.79 Å². The quantitative estimate of drug-likeness (QED) is 0.354. The van der Waals surface area contributed by atoms with Gasteiger partial charge in [-0.25, -0.2) is 0 Å². The summed E-state index contributed by atoms with van der Waals surface area (Å²) in [5.41, 5.74) is 3.95. The number of carbonyl (C=O) groups excluding carboxylic acids is 1. The van der Waals surface area contributed by atoms with Gasteiger partial charge in [-0.1, -0.05) is 65.3 Å². The van der Waals surface area contributed by atoms with Gasteiger partial charge >= 0.3 is 5.97 Å². The van der Waals surface area contributed by atoms with Crippen LogP contribution in [0.2, 0.25) is 0 Å². The number of allylic oxidation sites excluding steroid dienone is 5. The third-order valence-electron chi connectivity index (χ3n) is 10.3. The fraction of sp³-hybridized carbons (Fsp3) is 0.767. The lowest BCUT2D eigenvalue weighted by atomic mass is 9.50. The first-order valence-corrected chi connectivity index (χ1v) is 13.4. The minimum atomic E-state index is -0.764. The average Bonchev–Trinajstić information content (AvgIpc) is 3.09. The number of esters is 1. The molecule has 1 fully saturated rings. The maximum Gasteiger partial charge on any atom is 0.302 e. The van der Waals surface area contributed by atoms with Crippen molar-refractivity contribution in [2.24, 2.45) is 34.5 Å². The van der Waals surface area contributed by atoms with E-state index in [9.17, 15) is 9.90 Å². The van der Waals surface area contributed by atoms with E-state index < -0.39 is 5.60 Å². The third-order valence-corrected chi connectivity index (χ3v) is 10.3. The smallest absolute Gasteiger partial charge is 0.302 e. The molecule has 4 aliphatic rings. The Morgan fingerprint density at radius 2 is 1.85 bits per heavy atom. The summed E-state index contributed by atoms with van der Waals surface area (Å²) in [6.07, 6.45) is 14.8. The first-order chi connectivity index (χ1) is 15.4. The molecule has 0 saturated heterocycles. The van der Waals surface area contributed by atoms with E-state index >= 15 is 0 Å². The molecular weight excluding hydrogens is 408 g/mol. The van der Waals surface area contributed by atoms with Gasteiger partial charge in [0, 0.05) is 18.8 Å². The fourth-order valence-electron chi connectivity index (χ4n) is 7.68. The number of fused-ring (bicyclic) bond motifs is 4. The molecule has 0 aromatic heterocycles. The molecule has 184 valence electrons. The van der Waals surface area contributed by atoms with E-state index in [4.69, 9.17) is 4.74 Å². The number of carbonyl (C=O) groups is 1. The Balaban J connectivity index is 1.58. The van der Waals surface area contributed by atoms with Gasteiger partial charge in [0.15, 0.2) is 0 Å². The van der Waals surface area contributed by atoms with Crippen molar-refractivity contribution in [2.45, 2.75) is 112 Å². The Morgan fingerprint density at radius 3 is 2.52 bits per heavy atom. The molecule has 33 heavy (non-hydrogen) atoms. The fourth-order valence-corrected chi connectivity index (χ4v) is 7.68. The second-order valence-electron chi connectivity index (χ2n) is 12.5. The van der Waals surface area contributed by atoms with Crippen molar-refractivity contribution in [2.75, 3.05) is 0 Å². The van der Waals surface area contributed by atoms with Gasteiger partial charge < -0.3 is 9.84 Å². The average molecular weight is 455 g/mol. The summed E-state index contributed by atoms with van der Waals surface area (Å²) in [4.78, 5) is 11.5. The zero-order valence-corrected chi connectivity index (χ0v) is 22.0. The summed E-state index contributed by atoms with van der Waals surface area (Å²) in [5.74, 6) is 2.30. The van der Waals surface area contributed by atoms with Crippen molar-refractivity contribution in [1.82, 2.24) is 0 Å². The molecule has 0 unspecified atom stereocenters. The summed E-state index contributed by atoms with van der Waals surface area (Å²) >= 11 is 0. The van der Waals surface area contributed by atoms with Crippen LogP contribution in [0.1, 0.15) is 99.8 Å². The highest BCUT2D eigenvalue weighted by molar-refractivity contribution is 5.66. The Kier molecular flexibility index (Phi) is 6.53.